The number of nitrogens with one attached hydrogen (secondary N) is 1. The van der Waals surface area contributed by atoms with E-state index in [0.717, 1.165) is 140 Å². The van der Waals surface area contributed by atoms with Gasteiger partial charge in [0, 0.05) is 44.1 Å². The van der Waals surface area contributed by atoms with Crippen molar-refractivity contribution in [2.24, 2.45) is 0 Å². The minimum atomic E-state index is -0.515. The number of carbonyl (C=O) groups excluding carboxylic acids is 2. The van der Waals surface area contributed by atoms with Gasteiger partial charge >= 0.3 is 0 Å². The lowest BCUT2D eigenvalue weighted by atomic mass is 10.0. The average Bonchev–Trinajstić information content (AvgIpc) is 3.46. The van der Waals surface area contributed by atoms with Crippen molar-refractivity contribution in [1.29, 1.82) is 0 Å². The van der Waals surface area contributed by atoms with E-state index in [2.05, 4.69) is 91.4 Å². The molecule has 0 heterocycles. The standard InChI is InChI=1S/C72H137N3O6S2/c1-5-9-13-17-21-25-27-29-31-33-35-39-43-47-52-68(77)62-74(63-69(78)53-48-44-40-36-34-32-30-28-26-22-18-14-10-6-2)58-49-50-60-82-83-61-57-67(66-76)73-72(81)56-51-59-75(64-70(79)54-45-41-37-23-19-15-11-7-3)65-71(80)55-46-42-38-24-20-16-12-8-4/h21-22,25-26,29-32,66-71,77-80H,5-20,23-24,27-28,33-65H2,1-4H3,(H,73,81)/b25-21-,26-22-,31-29-,32-30-. The lowest BCUT2D eigenvalue weighted by Gasteiger charge is -2.27. The third-order valence-corrected chi connectivity index (χ3v) is 18.6. The number of aliphatic hydroxyl groups is 4. The van der Waals surface area contributed by atoms with E-state index in [9.17, 15) is 30.0 Å². The van der Waals surface area contributed by atoms with E-state index in [0.29, 0.717) is 52.0 Å². The first-order valence-electron chi connectivity index (χ1n) is 35.4. The molecule has 5 atom stereocenters. The van der Waals surface area contributed by atoms with Crippen molar-refractivity contribution in [3.8, 4) is 0 Å². The Morgan fingerprint density at radius 3 is 1.06 bits per heavy atom. The average molecular weight is 1210 g/mol. The highest BCUT2D eigenvalue weighted by atomic mass is 33.1. The number of unbranched alkanes of at least 4 members (excludes halogenated alkanes) is 29. The molecule has 0 saturated heterocycles. The summed E-state index contributed by atoms with van der Waals surface area (Å²) in [6.07, 6.45) is 67.6. The molecule has 0 aliphatic heterocycles. The molecule has 0 rings (SSSR count). The second-order valence-corrected chi connectivity index (χ2v) is 27.2. The van der Waals surface area contributed by atoms with Crippen LogP contribution in [0.1, 0.15) is 317 Å². The van der Waals surface area contributed by atoms with Crippen LogP contribution in [-0.4, -0.2) is 124 Å². The summed E-state index contributed by atoms with van der Waals surface area (Å²) in [5, 5.41) is 47.4. The first kappa shape index (κ1) is 81.6. The van der Waals surface area contributed by atoms with Gasteiger partial charge in [-0.1, -0.05) is 265 Å². The second-order valence-electron chi connectivity index (χ2n) is 24.5. The van der Waals surface area contributed by atoms with Gasteiger partial charge in [0.1, 0.15) is 6.29 Å². The third kappa shape index (κ3) is 62.0. The maximum atomic E-state index is 13.1. The Labute approximate surface area is 522 Å². The monoisotopic (exact) mass is 1200 g/mol. The molecule has 0 fully saturated rings. The van der Waals surface area contributed by atoms with Crippen LogP contribution in [0.5, 0.6) is 0 Å². The molecule has 5 N–H and O–H groups in total. The SMILES string of the molecule is CCCCC/C=C\C/C=C\CCCCCCC(O)CN(CCCCSSCCC(C=O)NC(=O)CCCN(CC(O)CCCCCCCCCC)CC(O)CCCCCCCCCC)CC(O)CCCCCC/C=C\C/C=C\CCCCC. The van der Waals surface area contributed by atoms with Crippen LogP contribution in [0.2, 0.25) is 0 Å². The van der Waals surface area contributed by atoms with Gasteiger partial charge in [-0.25, -0.2) is 0 Å². The molecule has 0 aliphatic rings. The predicted molar refractivity (Wildman–Crippen MR) is 367 cm³/mol. The molecule has 0 aromatic rings. The molecule has 11 heteroatoms. The number of aliphatic hydroxyl groups excluding tert-OH is 4. The Balaban J connectivity index is 4.90. The quantitative estimate of drug-likeness (QED) is 0.0173. The molecule has 488 valence electrons. The number of allylic oxidation sites excluding steroid dienone is 8. The number of rotatable bonds is 67. The maximum Gasteiger partial charge on any atom is 0.220 e. The summed E-state index contributed by atoms with van der Waals surface area (Å²) in [4.78, 5) is 29.6. The van der Waals surface area contributed by atoms with Gasteiger partial charge < -0.3 is 30.5 Å². The fraction of sp³-hybridized carbons (Fsp3) is 0.861. The highest BCUT2D eigenvalue weighted by Gasteiger charge is 2.19. The van der Waals surface area contributed by atoms with Crippen molar-refractivity contribution in [2.45, 2.75) is 347 Å². The highest BCUT2D eigenvalue weighted by molar-refractivity contribution is 8.76. The maximum absolute atomic E-state index is 13.1. The van der Waals surface area contributed by atoms with E-state index < -0.39 is 18.2 Å². The molecule has 0 spiro atoms. The number of carbonyl (C=O) groups is 2. The van der Waals surface area contributed by atoms with E-state index in [4.69, 9.17) is 0 Å². The van der Waals surface area contributed by atoms with Crippen LogP contribution in [-0.2, 0) is 9.59 Å². The van der Waals surface area contributed by atoms with Crippen LogP contribution in [0.3, 0.4) is 0 Å². The zero-order valence-corrected chi connectivity index (χ0v) is 56.5. The van der Waals surface area contributed by atoms with Crippen molar-refractivity contribution in [3.05, 3.63) is 48.6 Å². The summed E-state index contributed by atoms with van der Waals surface area (Å²) >= 11 is 0. The Kier molecular flexibility index (Phi) is 65.4. The van der Waals surface area contributed by atoms with Gasteiger partial charge in [0.05, 0.1) is 30.5 Å². The first-order valence-corrected chi connectivity index (χ1v) is 37.9. The Bertz CT molecular complexity index is 1390. The van der Waals surface area contributed by atoms with E-state index in [-0.39, 0.29) is 18.1 Å². The van der Waals surface area contributed by atoms with Gasteiger partial charge in [0.2, 0.25) is 5.91 Å². The zero-order chi connectivity index (χ0) is 60.6. The molecule has 1 amide bonds. The molecule has 9 nitrogen and oxygen atoms in total. The number of hydrogen-bond donors (Lipinski definition) is 5. The van der Waals surface area contributed by atoms with Crippen LogP contribution < -0.4 is 5.32 Å². The molecule has 0 aromatic carbocycles. The van der Waals surface area contributed by atoms with E-state index in [1.807, 2.05) is 10.8 Å². The van der Waals surface area contributed by atoms with E-state index in [1.165, 1.54) is 154 Å². The minimum Gasteiger partial charge on any atom is -0.392 e. The van der Waals surface area contributed by atoms with Crippen LogP contribution in [0, 0.1) is 0 Å². The normalized spacial score (nSPS) is 14.1. The summed E-state index contributed by atoms with van der Waals surface area (Å²) in [7, 11) is 3.57. The van der Waals surface area contributed by atoms with Crippen LogP contribution >= 0.6 is 21.6 Å². The van der Waals surface area contributed by atoms with Crippen molar-refractivity contribution in [1.82, 2.24) is 15.1 Å². The van der Waals surface area contributed by atoms with Gasteiger partial charge in [-0.2, -0.15) is 0 Å². The Morgan fingerprint density at radius 2 is 0.687 bits per heavy atom. The molecule has 5 unspecified atom stereocenters. The molecule has 83 heavy (non-hydrogen) atoms. The van der Waals surface area contributed by atoms with Crippen LogP contribution in [0.15, 0.2) is 48.6 Å². The molecular formula is C72H137N3O6S2. The van der Waals surface area contributed by atoms with Crippen molar-refractivity contribution >= 4 is 33.8 Å². The Morgan fingerprint density at radius 1 is 0.373 bits per heavy atom. The van der Waals surface area contributed by atoms with Crippen molar-refractivity contribution in [3.63, 3.8) is 0 Å². The summed E-state index contributed by atoms with van der Waals surface area (Å²) in [6.45, 7) is 12.7. The Hall–Kier alpha value is -1.44. The summed E-state index contributed by atoms with van der Waals surface area (Å²) in [5.74, 6) is 1.63. The van der Waals surface area contributed by atoms with E-state index >= 15 is 0 Å². The topological polar surface area (TPSA) is 134 Å². The number of amides is 1. The number of hydrogen-bond acceptors (Lipinski definition) is 10. The fourth-order valence-electron chi connectivity index (χ4n) is 10.8. The predicted octanol–water partition coefficient (Wildman–Crippen LogP) is 19.0. The summed E-state index contributed by atoms with van der Waals surface area (Å²) in [6, 6.07) is -0.515. The largest absolute Gasteiger partial charge is 0.392 e. The molecule has 0 bridgehead atoms. The molecule has 0 aliphatic carbocycles. The van der Waals surface area contributed by atoms with E-state index in [1.54, 1.807) is 10.8 Å². The second kappa shape index (κ2) is 66.5. The lowest BCUT2D eigenvalue weighted by molar-refractivity contribution is -0.124. The van der Waals surface area contributed by atoms with Gasteiger partial charge in [-0.05, 0) is 129 Å². The molecular weight excluding hydrogens is 1070 g/mol. The smallest absolute Gasteiger partial charge is 0.220 e. The minimum absolute atomic E-state index is 0.121. The molecule has 0 saturated carbocycles. The first-order chi connectivity index (χ1) is 40.7. The van der Waals surface area contributed by atoms with Crippen LogP contribution in [0.25, 0.3) is 0 Å². The van der Waals surface area contributed by atoms with Gasteiger partial charge in [0.15, 0.2) is 0 Å². The summed E-state index contributed by atoms with van der Waals surface area (Å²) < 4.78 is 0. The van der Waals surface area contributed by atoms with Gasteiger partial charge in [0.25, 0.3) is 0 Å². The summed E-state index contributed by atoms with van der Waals surface area (Å²) in [5.41, 5.74) is 0. The van der Waals surface area contributed by atoms with Crippen LogP contribution in [0.4, 0.5) is 0 Å². The highest BCUT2D eigenvalue weighted by Crippen LogP contribution is 2.24. The van der Waals surface area contributed by atoms with Gasteiger partial charge in [-0.15, -0.1) is 0 Å². The number of aldehydes is 1. The fourth-order valence-corrected chi connectivity index (χ4v) is 13.1. The lowest BCUT2D eigenvalue weighted by Crippen LogP contribution is -2.40. The molecule has 0 radical (unpaired) electrons. The third-order valence-electron chi connectivity index (χ3n) is 16.1. The zero-order valence-electron chi connectivity index (χ0n) is 54.9. The van der Waals surface area contributed by atoms with Crippen molar-refractivity contribution < 1.29 is 30.0 Å². The van der Waals surface area contributed by atoms with Gasteiger partial charge in [-0.3, -0.25) is 14.6 Å². The number of nitrogens with zero attached hydrogens (tertiary/aromatic N) is 2. The van der Waals surface area contributed by atoms with Crippen molar-refractivity contribution in [2.75, 3.05) is 50.8 Å². The molecule has 0 aromatic heterocycles.